The zero-order valence-corrected chi connectivity index (χ0v) is 11.2. The number of benzene rings is 2. The number of H-pyrrole nitrogens is 1. The molecule has 0 atom stereocenters. The van der Waals surface area contributed by atoms with E-state index in [1.807, 2.05) is 54.7 Å². The number of hydrogen-bond donors (Lipinski definition) is 2. The molecule has 0 amide bonds. The Morgan fingerprint density at radius 3 is 2.70 bits per heavy atom. The summed E-state index contributed by atoms with van der Waals surface area (Å²) >= 11 is 0. The number of aliphatic hydroxyl groups is 1. The third-order valence-electron chi connectivity index (χ3n) is 3.37. The fourth-order valence-corrected chi connectivity index (χ4v) is 2.32. The number of aliphatic hydroxyl groups excluding tert-OH is 1. The lowest BCUT2D eigenvalue weighted by atomic mass is 10.1. The normalized spacial score (nSPS) is 10.8. The number of aromatic amines is 1. The van der Waals surface area contributed by atoms with Crippen molar-refractivity contribution in [3.05, 3.63) is 65.9 Å². The van der Waals surface area contributed by atoms with Crippen LogP contribution >= 0.6 is 0 Å². The Bertz CT molecular complexity index is 689. The van der Waals surface area contributed by atoms with Gasteiger partial charge in [0.2, 0.25) is 0 Å². The minimum Gasteiger partial charge on any atom is -0.489 e. The van der Waals surface area contributed by atoms with Crippen LogP contribution in [0.1, 0.15) is 11.1 Å². The van der Waals surface area contributed by atoms with Crippen molar-refractivity contribution in [1.29, 1.82) is 0 Å². The lowest BCUT2D eigenvalue weighted by Crippen LogP contribution is -1.94. The van der Waals surface area contributed by atoms with Crippen molar-refractivity contribution in [2.75, 3.05) is 6.61 Å². The van der Waals surface area contributed by atoms with Gasteiger partial charge in [0.15, 0.2) is 0 Å². The highest BCUT2D eigenvalue weighted by Crippen LogP contribution is 2.24. The molecule has 2 aromatic carbocycles. The van der Waals surface area contributed by atoms with Gasteiger partial charge in [-0.2, -0.15) is 0 Å². The summed E-state index contributed by atoms with van der Waals surface area (Å²) in [7, 11) is 0. The highest BCUT2D eigenvalue weighted by molar-refractivity contribution is 5.84. The number of hydrogen-bond acceptors (Lipinski definition) is 2. The van der Waals surface area contributed by atoms with E-state index in [2.05, 4.69) is 4.98 Å². The van der Waals surface area contributed by atoms with Gasteiger partial charge in [0.25, 0.3) is 0 Å². The van der Waals surface area contributed by atoms with Gasteiger partial charge in [-0.15, -0.1) is 0 Å². The van der Waals surface area contributed by atoms with Crippen LogP contribution in [0.4, 0.5) is 0 Å². The van der Waals surface area contributed by atoms with E-state index in [1.54, 1.807) is 0 Å². The first kappa shape index (κ1) is 12.8. The molecule has 3 heteroatoms. The summed E-state index contributed by atoms with van der Waals surface area (Å²) in [6.45, 7) is 0.732. The molecule has 3 rings (SSSR count). The predicted molar refractivity (Wildman–Crippen MR) is 79.9 cm³/mol. The largest absolute Gasteiger partial charge is 0.489 e. The van der Waals surface area contributed by atoms with Gasteiger partial charge in [-0.25, -0.2) is 0 Å². The van der Waals surface area contributed by atoms with Gasteiger partial charge in [-0.05, 0) is 29.7 Å². The van der Waals surface area contributed by atoms with E-state index < -0.39 is 0 Å². The number of rotatable bonds is 5. The fourth-order valence-electron chi connectivity index (χ4n) is 2.32. The molecule has 0 fully saturated rings. The van der Waals surface area contributed by atoms with Gasteiger partial charge >= 0.3 is 0 Å². The summed E-state index contributed by atoms with van der Waals surface area (Å²) in [6, 6.07) is 16.1. The summed E-state index contributed by atoms with van der Waals surface area (Å²) in [5.74, 6) is 0.846. The first-order chi connectivity index (χ1) is 9.86. The molecule has 0 radical (unpaired) electrons. The Morgan fingerprint density at radius 2 is 1.90 bits per heavy atom. The molecule has 0 unspecified atom stereocenters. The molecule has 2 N–H and O–H groups in total. The van der Waals surface area contributed by atoms with Crippen LogP contribution in [-0.4, -0.2) is 16.7 Å². The van der Waals surface area contributed by atoms with E-state index >= 15 is 0 Å². The fraction of sp³-hybridized carbons (Fsp3) is 0.176. The van der Waals surface area contributed by atoms with E-state index in [9.17, 15) is 0 Å². The maximum absolute atomic E-state index is 9.02. The Morgan fingerprint density at radius 1 is 1.05 bits per heavy atom. The lowest BCUT2D eigenvalue weighted by Gasteiger charge is -2.06. The van der Waals surface area contributed by atoms with Gasteiger partial charge in [0.1, 0.15) is 12.4 Å². The van der Waals surface area contributed by atoms with Crippen LogP contribution in [0.15, 0.2) is 54.7 Å². The van der Waals surface area contributed by atoms with Gasteiger partial charge in [-0.1, -0.05) is 30.3 Å². The van der Waals surface area contributed by atoms with Crippen molar-refractivity contribution in [2.45, 2.75) is 13.0 Å². The first-order valence-electron chi connectivity index (χ1n) is 6.74. The number of ether oxygens (including phenoxy) is 1. The van der Waals surface area contributed by atoms with Crippen molar-refractivity contribution in [2.24, 2.45) is 0 Å². The highest BCUT2D eigenvalue weighted by atomic mass is 16.5. The Hall–Kier alpha value is -2.26. The smallest absolute Gasteiger partial charge is 0.121 e. The van der Waals surface area contributed by atoms with Crippen LogP contribution < -0.4 is 4.74 Å². The van der Waals surface area contributed by atoms with Crippen molar-refractivity contribution in [1.82, 2.24) is 4.98 Å². The highest BCUT2D eigenvalue weighted by Gasteiger charge is 2.04. The minimum atomic E-state index is 0.166. The number of nitrogens with one attached hydrogen (secondary N) is 1. The first-order valence-corrected chi connectivity index (χ1v) is 6.74. The monoisotopic (exact) mass is 267 g/mol. The van der Waals surface area contributed by atoms with Crippen molar-refractivity contribution >= 4 is 10.9 Å². The second kappa shape index (κ2) is 5.80. The van der Waals surface area contributed by atoms with Crippen LogP contribution in [-0.2, 0) is 13.0 Å². The summed E-state index contributed by atoms with van der Waals surface area (Å²) in [4.78, 5) is 3.22. The molecule has 0 aliphatic carbocycles. The lowest BCUT2D eigenvalue weighted by molar-refractivity contribution is 0.300. The SMILES string of the molecule is OCCc1c[nH]c2cc(OCc3ccccc3)ccc12. The zero-order chi connectivity index (χ0) is 13.8. The van der Waals surface area contributed by atoms with Crippen molar-refractivity contribution in [3.8, 4) is 5.75 Å². The van der Waals surface area contributed by atoms with E-state index in [4.69, 9.17) is 9.84 Å². The molecule has 0 aliphatic rings. The molecule has 3 aromatic rings. The third kappa shape index (κ3) is 2.68. The summed E-state index contributed by atoms with van der Waals surface area (Å²) in [6.07, 6.45) is 2.62. The Labute approximate surface area is 117 Å². The van der Waals surface area contributed by atoms with Crippen LogP contribution in [0, 0.1) is 0 Å². The average molecular weight is 267 g/mol. The molecule has 0 aliphatic heterocycles. The summed E-state index contributed by atoms with van der Waals surface area (Å²) < 4.78 is 5.80. The van der Waals surface area contributed by atoms with E-state index in [1.165, 1.54) is 0 Å². The number of fused-ring (bicyclic) bond motifs is 1. The molecule has 0 spiro atoms. The van der Waals surface area contributed by atoms with E-state index in [0.29, 0.717) is 13.0 Å². The average Bonchev–Trinajstić information content (AvgIpc) is 2.89. The van der Waals surface area contributed by atoms with Gasteiger partial charge < -0.3 is 14.8 Å². The molecule has 0 saturated carbocycles. The van der Waals surface area contributed by atoms with E-state index in [0.717, 1.165) is 27.8 Å². The second-order valence-electron chi connectivity index (χ2n) is 4.77. The minimum absolute atomic E-state index is 0.166. The molecule has 20 heavy (non-hydrogen) atoms. The second-order valence-corrected chi connectivity index (χ2v) is 4.77. The van der Waals surface area contributed by atoms with Gasteiger partial charge in [-0.3, -0.25) is 0 Å². The van der Waals surface area contributed by atoms with Crippen molar-refractivity contribution in [3.63, 3.8) is 0 Å². The molecule has 1 aromatic heterocycles. The summed E-state index contributed by atoms with van der Waals surface area (Å²) in [5, 5.41) is 10.2. The Balaban J connectivity index is 1.76. The molecule has 102 valence electrons. The molecule has 0 saturated heterocycles. The van der Waals surface area contributed by atoms with Crippen LogP contribution in [0.2, 0.25) is 0 Å². The third-order valence-corrected chi connectivity index (χ3v) is 3.37. The number of aromatic nitrogens is 1. The van der Waals surface area contributed by atoms with Crippen LogP contribution in [0.5, 0.6) is 5.75 Å². The van der Waals surface area contributed by atoms with E-state index in [-0.39, 0.29) is 6.61 Å². The topological polar surface area (TPSA) is 45.2 Å². The zero-order valence-electron chi connectivity index (χ0n) is 11.2. The van der Waals surface area contributed by atoms with Crippen LogP contribution in [0.25, 0.3) is 10.9 Å². The summed E-state index contributed by atoms with van der Waals surface area (Å²) in [5.41, 5.74) is 3.33. The van der Waals surface area contributed by atoms with Crippen molar-refractivity contribution < 1.29 is 9.84 Å². The molecule has 1 heterocycles. The maximum atomic E-state index is 9.02. The van der Waals surface area contributed by atoms with Crippen LogP contribution in [0.3, 0.4) is 0 Å². The molecular formula is C17H17NO2. The maximum Gasteiger partial charge on any atom is 0.121 e. The molecular weight excluding hydrogens is 250 g/mol. The van der Waals surface area contributed by atoms with Gasteiger partial charge in [0, 0.05) is 29.8 Å². The Kier molecular flexibility index (Phi) is 3.70. The van der Waals surface area contributed by atoms with Gasteiger partial charge in [0.05, 0.1) is 0 Å². The quantitative estimate of drug-likeness (QED) is 0.745. The predicted octanol–water partition coefficient (Wildman–Crippen LogP) is 3.28. The standard InChI is InChI=1S/C17H17NO2/c19-9-8-14-11-18-17-10-15(6-7-16(14)17)20-12-13-4-2-1-3-5-13/h1-7,10-11,18-19H,8-9,12H2. The molecule has 0 bridgehead atoms. The molecule has 3 nitrogen and oxygen atoms in total.